The molecule has 0 aliphatic carbocycles. The number of aryl methyl sites for hydroxylation is 1. The molecule has 1 fully saturated rings. The molecule has 2 atom stereocenters. The number of hydrogen-bond acceptors (Lipinski definition) is 5. The molecule has 7 heteroatoms. The van der Waals surface area contributed by atoms with Gasteiger partial charge in [-0.05, 0) is 45.6 Å². The summed E-state index contributed by atoms with van der Waals surface area (Å²) in [6, 6.07) is 7.11. The second-order valence-corrected chi connectivity index (χ2v) is 7.43. The number of amides is 1. The van der Waals surface area contributed by atoms with Crippen LogP contribution in [0.1, 0.15) is 56.9 Å². The van der Waals surface area contributed by atoms with E-state index < -0.39 is 5.97 Å². The molecule has 7 nitrogen and oxygen atoms in total. The van der Waals surface area contributed by atoms with Crippen LogP contribution >= 0.6 is 0 Å². The summed E-state index contributed by atoms with van der Waals surface area (Å²) in [7, 11) is 0. The minimum Gasteiger partial charge on any atom is -0.451 e. The molecule has 150 valence electrons. The van der Waals surface area contributed by atoms with E-state index in [2.05, 4.69) is 5.10 Å². The fourth-order valence-corrected chi connectivity index (χ4v) is 3.93. The normalized spacial score (nSPS) is 19.6. The van der Waals surface area contributed by atoms with Gasteiger partial charge in [0.15, 0.2) is 12.3 Å². The van der Waals surface area contributed by atoms with Crippen molar-refractivity contribution in [3.05, 3.63) is 40.3 Å². The van der Waals surface area contributed by atoms with E-state index in [0.29, 0.717) is 23.7 Å². The first-order valence-electron chi connectivity index (χ1n) is 9.92. The molecule has 0 unspecified atom stereocenters. The molecule has 1 aromatic heterocycles. The van der Waals surface area contributed by atoms with E-state index >= 15 is 0 Å². The maximum absolute atomic E-state index is 12.7. The van der Waals surface area contributed by atoms with Gasteiger partial charge in [-0.1, -0.05) is 25.1 Å². The Morgan fingerprint density at radius 2 is 1.79 bits per heavy atom. The number of ether oxygens (including phenoxy) is 1. The van der Waals surface area contributed by atoms with Crippen LogP contribution < -0.4 is 5.56 Å². The first-order valence-corrected chi connectivity index (χ1v) is 9.92. The summed E-state index contributed by atoms with van der Waals surface area (Å²) in [5.41, 5.74) is -0.169. The number of carbonyl (C=O) groups is 2. The van der Waals surface area contributed by atoms with Crippen molar-refractivity contribution in [1.29, 1.82) is 0 Å². The van der Waals surface area contributed by atoms with Crippen molar-refractivity contribution >= 4 is 22.6 Å². The highest BCUT2D eigenvalue weighted by Crippen LogP contribution is 2.22. The van der Waals surface area contributed by atoms with Gasteiger partial charge in [-0.25, -0.2) is 9.48 Å². The number of carbonyl (C=O) groups excluding carboxylic acids is 2. The third kappa shape index (κ3) is 3.93. The molecular formula is C21H27N3O4. The van der Waals surface area contributed by atoms with E-state index in [-0.39, 0.29) is 35.9 Å². The van der Waals surface area contributed by atoms with Gasteiger partial charge in [0.1, 0.15) is 0 Å². The SMILES string of the molecule is CCCn1nc(C(=O)OCC(=O)N2[C@H](C)CCC[C@@H]2C)c2ccccc2c1=O. The van der Waals surface area contributed by atoms with Crippen LogP contribution in [-0.2, 0) is 16.1 Å². The van der Waals surface area contributed by atoms with E-state index in [1.54, 1.807) is 29.2 Å². The first kappa shape index (κ1) is 20.0. The van der Waals surface area contributed by atoms with Crippen LogP contribution in [0.15, 0.2) is 29.1 Å². The lowest BCUT2D eigenvalue weighted by atomic mass is 9.97. The molecule has 0 bridgehead atoms. The second-order valence-electron chi connectivity index (χ2n) is 7.43. The molecule has 1 aliphatic rings. The van der Waals surface area contributed by atoms with Crippen molar-refractivity contribution in [2.45, 2.75) is 65.1 Å². The van der Waals surface area contributed by atoms with Gasteiger partial charge < -0.3 is 9.64 Å². The maximum atomic E-state index is 12.7. The molecule has 1 saturated heterocycles. The molecule has 2 aromatic rings. The summed E-state index contributed by atoms with van der Waals surface area (Å²) in [5, 5.41) is 5.08. The van der Waals surface area contributed by atoms with Crippen molar-refractivity contribution < 1.29 is 14.3 Å². The highest BCUT2D eigenvalue weighted by atomic mass is 16.5. The van der Waals surface area contributed by atoms with Crippen LogP contribution in [0.4, 0.5) is 0 Å². The second kappa shape index (κ2) is 8.54. The molecule has 1 aromatic carbocycles. The van der Waals surface area contributed by atoms with Gasteiger partial charge in [0.25, 0.3) is 11.5 Å². The molecule has 0 saturated carbocycles. The maximum Gasteiger partial charge on any atom is 0.359 e. The Kier molecular flexibility index (Phi) is 6.11. The fraction of sp³-hybridized carbons (Fsp3) is 0.524. The Labute approximate surface area is 164 Å². The number of piperidine rings is 1. The lowest BCUT2D eigenvalue weighted by Gasteiger charge is -2.38. The number of rotatable bonds is 5. The summed E-state index contributed by atoms with van der Waals surface area (Å²) >= 11 is 0. The third-order valence-electron chi connectivity index (χ3n) is 5.30. The smallest absolute Gasteiger partial charge is 0.359 e. The average Bonchev–Trinajstić information content (AvgIpc) is 2.68. The molecule has 0 spiro atoms. The predicted molar refractivity (Wildman–Crippen MR) is 106 cm³/mol. The van der Waals surface area contributed by atoms with Crippen LogP contribution in [0.5, 0.6) is 0 Å². The standard InChI is InChI=1S/C21H27N3O4/c1-4-12-23-20(26)17-11-6-5-10-16(17)19(22-23)21(27)28-13-18(25)24-14(2)8-7-9-15(24)3/h5-6,10-11,14-15H,4,7-9,12-13H2,1-3H3/t14-,15+. The largest absolute Gasteiger partial charge is 0.451 e. The van der Waals surface area contributed by atoms with Crippen molar-refractivity contribution in [3.63, 3.8) is 0 Å². The minimum atomic E-state index is -0.688. The van der Waals surface area contributed by atoms with E-state index in [1.807, 2.05) is 20.8 Å². The summed E-state index contributed by atoms with van der Waals surface area (Å²) < 4.78 is 6.60. The average molecular weight is 385 g/mol. The number of benzene rings is 1. The Hall–Kier alpha value is -2.70. The van der Waals surface area contributed by atoms with E-state index in [4.69, 9.17) is 4.74 Å². The molecule has 2 heterocycles. The molecule has 1 aliphatic heterocycles. The number of fused-ring (bicyclic) bond motifs is 1. The molecule has 3 rings (SSSR count). The quantitative estimate of drug-likeness (QED) is 0.739. The predicted octanol–water partition coefficient (Wildman–Crippen LogP) is 2.75. The van der Waals surface area contributed by atoms with Gasteiger partial charge in [-0.2, -0.15) is 5.10 Å². The summed E-state index contributed by atoms with van der Waals surface area (Å²) in [5.74, 6) is -0.883. The van der Waals surface area contributed by atoms with Crippen molar-refractivity contribution in [1.82, 2.24) is 14.7 Å². The summed E-state index contributed by atoms with van der Waals surface area (Å²) in [4.78, 5) is 39.7. The van der Waals surface area contributed by atoms with Crippen LogP contribution in [-0.4, -0.2) is 45.2 Å². The number of esters is 1. The summed E-state index contributed by atoms with van der Waals surface area (Å²) in [6.07, 6.45) is 3.72. The number of hydrogen-bond donors (Lipinski definition) is 0. The zero-order chi connectivity index (χ0) is 20.3. The van der Waals surface area contributed by atoms with Crippen LogP contribution in [0.25, 0.3) is 10.8 Å². The van der Waals surface area contributed by atoms with Crippen molar-refractivity contribution in [2.75, 3.05) is 6.61 Å². The van der Waals surface area contributed by atoms with E-state index in [9.17, 15) is 14.4 Å². The Balaban J connectivity index is 1.82. The zero-order valence-electron chi connectivity index (χ0n) is 16.7. The van der Waals surface area contributed by atoms with Crippen LogP contribution in [0.3, 0.4) is 0 Å². The first-order chi connectivity index (χ1) is 13.4. The molecule has 1 amide bonds. The van der Waals surface area contributed by atoms with Crippen LogP contribution in [0.2, 0.25) is 0 Å². The zero-order valence-corrected chi connectivity index (χ0v) is 16.7. The highest BCUT2D eigenvalue weighted by Gasteiger charge is 2.30. The summed E-state index contributed by atoms with van der Waals surface area (Å²) in [6.45, 7) is 6.05. The van der Waals surface area contributed by atoms with Gasteiger partial charge in [0.2, 0.25) is 0 Å². The molecular weight excluding hydrogens is 358 g/mol. The van der Waals surface area contributed by atoms with Gasteiger partial charge in [-0.3, -0.25) is 9.59 Å². The van der Waals surface area contributed by atoms with Crippen molar-refractivity contribution in [3.8, 4) is 0 Å². The van der Waals surface area contributed by atoms with Gasteiger partial charge in [0.05, 0.1) is 5.39 Å². The monoisotopic (exact) mass is 385 g/mol. The van der Waals surface area contributed by atoms with Gasteiger partial charge in [-0.15, -0.1) is 0 Å². The Morgan fingerprint density at radius 1 is 1.14 bits per heavy atom. The van der Waals surface area contributed by atoms with Gasteiger partial charge in [0, 0.05) is 24.0 Å². The number of likely N-dealkylation sites (tertiary alicyclic amines) is 1. The number of nitrogens with zero attached hydrogens (tertiary/aromatic N) is 3. The molecule has 28 heavy (non-hydrogen) atoms. The van der Waals surface area contributed by atoms with Crippen molar-refractivity contribution in [2.24, 2.45) is 0 Å². The fourth-order valence-electron chi connectivity index (χ4n) is 3.93. The Bertz CT molecular complexity index is 927. The molecule has 0 radical (unpaired) electrons. The topological polar surface area (TPSA) is 81.5 Å². The minimum absolute atomic E-state index is 0.0659. The third-order valence-corrected chi connectivity index (χ3v) is 5.30. The lowest BCUT2D eigenvalue weighted by molar-refractivity contribution is -0.140. The number of aromatic nitrogens is 2. The lowest BCUT2D eigenvalue weighted by Crippen LogP contribution is -2.49. The highest BCUT2D eigenvalue weighted by molar-refractivity contribution is 6.02. The van der Waals surface area contributed by atoms with Gasteiger partial charge >= 0.3 is 5.97 Å². The van der Waals surface area contributed by atoms with E-state index in [0.717, 1.165) is 19.3 Å². The Morgan fingerprint density at radius 3 is 2.43 bits per heavy atom. The van der Waals surface area contributed by atoms with E-state index in [1.165, 1.54) is 4.68 Å². The molecule has 0 N–H and O–H groups in total. The van der Waals surface area contributed by atoms with Crippen LogP contribution in [0, 0.1) is 0 Å².